The van der Waals surface area contributed by atoms with E-state index in [1.54, 1.807) is 6.33 Å². The second kappa shape index (κ2) is 11.4. The molecule has 1 aliphatic rings. The van der Waals surface area contributed by atoms with Gasteiger partial charge in [0.05, 0.1) is 6.54 Å². The molecule has 7 nitrogen and oxygen atoms in total. The summed E-state index contributed by atoms with van der Waals surface area (Å²) in [5, 5.41) is 11.6. The van der Waals surface area contributed by atoms with Gasteiger partial charge in [0.25, 0.3) is 0 Å². The van der Waals surface area contributed by atoms with Crippen LogP contribution in [-0.2, 0) is 13.0 Å². The SMILES string of the molecule is CCNC(=NCCn1cnnc1CC)N1CCN(c2cccc(C)c2C)CC1.I. The highest BCUT2D eigenvalue weighted by Crippen LogP contribution is 2.23. The third-order valence-electron chi connectivity index (χ3n) is 5.45. The summed E-state index contributed by atoms with van der Waals surface area (Å²) < 4.78 is 2.09. The van der Waals surface area contributed by atoms with Gasteiger partial charge in [-0.15, -0.1) is 34.2 Å². The lowest BCUT2D eigenvalue weighted by molar-refractivity contribution is 0.372. The van der Waals surface area contributed by atoms with Gasteiger partial charge in [0.2, 0.25) is 0 Å². The molecule has 29 heavy (non-hydrogen) atoms. The summed E-state index contributed by atoms with van der Waals surface area (Å²) in [6, 6.07) is 6.58. The molecule has 0 aliphatic carbocycles. The summed E-state index contributed by atoms with van der Waals surface area (Å²) in [6.45, 7) is 15.0. The highest BCUT2D eigenvalue weighted by molar-refractivity contribution is 14.0. The first-order chi connectivity index (χ1) is 13.6. The topological polar surface area (TPSA) is 61.6 Å². The number of aromatic nitrogens is 3. The Morgan fingerprint density at radius 3 is 2.59 bits per heavy atom. The number of nitrogens with zero attached hydrogens (tertiary/aromatic N) is 6. The maximum Gasteiger partial charge on any atom is 0.194 e. The minimum atomic E-state index is 0. The molecule has 2 aromatic rings. The predicted octanol–water partition coefficient (Wildman–Crippen LogP) is 2.86. The van der Waals surface area contributed by atoms with Gasteiger partial charge in [-0.2, -0.15) is 0 Å². The molecule has 1 aliphatic heterocycles. The highest BCUT2D eigenvalue weighted by Gasteiger charge is 2.21. The number of nitrogens with one attached hydrogen (secondary N) is 1. The van der Waals surface area contributed by atoms with Crippen LogP contribution in [0.3, 0.4) is 0 Å². The number of benzene rings is 1. The normalized spacial score (nSPS) is 14.7. The summed E-state index contributed by atoms with van der Waals surface area (Å²) in [5.41, 5.74) is 4.11. The number of hydrogen-bond donors (Lipinski definition) is 1. The van der Waals surface area contributed by atoms with Gasteiger partial charge in [-0.3, -0.25) is 4.99 Å². The molecule has 0 atom stereocenters. The van der Waals surface area contributed by atoms with E-state index in [9.17, 15) is 0 Å². The zero-order valence-corrected chi connectivity index (χ0v) is 20.4. The number of anilines is 1. The molecular formula is C21H34IN7. The minimum Gasteiger partial charge on any atom is -0.368 e. The number of piperazine rings is 1. The van der Waals surface area contributed by atoms with E-state index in [0.29, 0.717) is 0 Å². The van der Waals surface area contributed by atoms with Crippen molar-refractivity contribution in [2.75, 3.05) is 44.2 Å². The van der Waals surface area contributed by atoms with Crippen molar-refractivity contribution in [3.05, 3.63) is 41.5 Å². The zero-order valence-electron chi connectivity index (χ0n) is 18.1. The molecule has 0 unspecified atom stereocenters. The Balaban J connectivity index is 0.00000300. The molecule has 1 aromatic heterocycles. The van der Waals surface area contributed by atoms with Crippen LogP contribution in [0.4, 0.5) is 5.69 Å². The van der Waals surface area contributed by atoms with Crippen molar-refractivity contribution in [2.24, 2.45) is 4.99 Å². The van der Waals surface area contributed by atoms with Crippen LogP contribution in [0, 0.1) is 13.8 Å². The van der Waals surface area contributed by atoms with Crippen molar-refractivity contribution in [3.8, 4) is 0 Å². The fraction of sp³-hybridized carbons (Fsp3) is 0.571. The van der Waals surface area contributed by atoms with E-state index in [0.717, 1.165) is 64.0 Å². The Kier molecular flexibility index (Phi) is 9.19. The van der Waals surface area contributed by atoms with E-state index in [1.807, 2.05) is 0 Å². The Hall–Kier alpha value is -1.84. The molecule has 1 aromatic carbocycles. The molecule has 2 heterocycles. The van der Waals surface area contributed by atoms with Crippen molar-refractivity contribution in [1.82, 2.24) is 25.0 Å². The van der Waals surface area contributed by atoms with Gasteiger partial charge in [0, 0.05) is 51.4 Å². The smallest absolute Gasteiger partial charge is 0.194 e. The first kappa shape index (κ1) is 23.4. The molecule has 0 spiro atoms. The Bertz CT molecular complexity index is 794. The maximum atomic E-state index is 4.85. The Morgan fingerprint density at radius 1 is 1.14 bits per heavy atom. The molecule has 160 valence electrons. The molecular weight excluding hydrogens is 477 g/mol. The average Bonchev–Trinajstić information content (AvgIpc) is 3.17. The van der Waals surface area contributed by atoms with Gasteiger partial charge in [-0.05, 0) is 38.0 Å². The fourth-order valence-electron chi connectivity index (χ4n) is 3.67. The zero-order chi connectivity index (χ0) is 19.9. The molecule has 1 N–H and O–H groups in total. The van der Waals surface area contributed by atoms with Crippen LogP contribution in [0.5, 0.6) is 0 Å². The van der Waals surface area contributed by atoms with Gasteiger partial charge in [0.15, 0.2) is 5.96 Å². The molecule has 8 heteroatoms. The third-order valence-corrected chi connectivity index (χ3v) is 5.45. The van der Waals surface area contributed by atoms with E-state index in [2.05, 4.69) is 75.8 Å². The van der Waals surface area contributed by atoms with Crippen molar-refractivity contribution in [3.63, 3.8) is 0 Å². The molecule has 0 bridgehead atoms. The van der Waals surface area contributed by atoms with Crippen LogP contribution < -0.4 is 10.2 Å². The van der Waals surface area contributed by atoms with Crippen molar-refractivity contribution < 1.29 is 0 Å². The lowest BCUT2D eigenvalue weighted by atomic mass is 10.1. The van der Waals surface area contributed by atoms with E-state index in [-0.39, 0.29) is 24.0 Å². The van der Waals surface area contributed by atoms with Crippen LogP contribution in [0.25, 0.3) is 0 Å². The number of aliphatic imine (C=N–C) groups is 1. The van der Waals surface area contributed by atoms with Crippen LogP contribution >= 0.6 is 24.0 Å². The monoisotopic (exact) mass is 511 g/mol. The molecule has 3 rings (SSSR count). The van der Waals surface area contributed by atoms with Crippen molar-refractivity contribution in [2.45, 2.75) is 40.7 Å². The van der Waals surface area contributed by atoms with E-state index in [1.165, 1.54) is 16.8 Å². The average molecular weight is 511 g/mol. The van der Waals surface area contributed by atoms with E-state index < -0.39 is 0 Å². The lowest BCUT2D eigenvalue weighted by Gasteiger charge is -2.38. The molecule has 0 amide bonds. The summed E-state index contributed by atoms with van der Waals surface area (Å²) >= 11 is 0. The van der Waals surface area contributed by atoms with Gasteiger partial charge >= 0.3 is 0 Å². The summed E-state index contributed by atoms with van der Waals surface area (Å²) in [6.07, 6.45) is 2.69. The number of halogens is 1. The summed E-state index contributed by atoms with van der Waals surface area (Å²) in [4.78, 5) is 9.72. The summed E-state index contributed by atoms with van der Waals surface area (Å²) in [7, 11) is 0. The van der Waals surface area contributed by atoms with Crippen LogP contribution in [-0.4, -0.2) is 64.9 Å². The van der Waals surface area contributed by atoms with Crippen LogP contribution in [0.15, 0.2) is 29.5 Å². The van der Waals surface area contributed by atoms with E-state index in [4.69, 9.17) is 4.99 Å². The first-order valence-electron chi connectivity index (χ1n) is 10.3. The Labute approximate surface area is 191 Å². The van der Waals surface area contributed by atoms with Crippen LogP contribution in [0.1, 0.15) is 30.8 Å². The number of aryl methyl sites for hydroxylation is 2. The second-order valence-corrected chi connectivity index (χ2v) is 7.22. The molecule has 0 radical (unpaired) electrons. The van der Waals surface area contributed by atoms with Gasteiger partial charge in [-0.1, -0.05) is 19.1 Å². The predicted molar refractivity (Wildman–Crippen MR) is 130 cm³/mol. The summed E-state index contributed by atoms with van der Waals surface area (Å²) in [5.74, 6) is 2.02. The van der Waals surface area contributed by atoms with Crippen LogP contribution in [0.2, 0.25) is 0 Å². The van der Waals surface area contributed by atoms with E-state index >= 15 is 0 Å². The maximum absolute atomic E-state index is 4.85. The number of rotatable bonds is 6. The first-order valence-corrected chi connectivity index (χ1v) is 10.3. The molecule has 1 saturated heterocycles. The van der Waals surface area contributed by atoms with Crippen molar-refractivity contribution >= 4 is 35.6 Å². The third kappa shape index (κ3) is 5.83. The Morgan fingerprint density at radius 2 is 1.90 bits per heavy atom. The standard InChI is InChI=1S/C21H33N7.HI/c1-5-20-25-24-16-28(20)11-10-23-21(22-6-2)27-14-12-26(13-15-27)19-9-7-8-17(3)18(19)4;/h7-9,16H,5-6,10-15H2,1-4H3,(H,22,23);1H. The fourth-order valence-corrected chi connectivity index (χ4v) is 3.67. The number of hydrogen-bond acceptors (Lipinski definition) is 4. The molecule has 0 saturated carbocycles. The lowest BCUT2D eigenvalue weighted by Crippen LogP contribution is -2.52. The van der Waals surface area contributed by atoms with Gasteiger partial charge < -0.3 is 19.7 Å². The number of guanidine groups is 1. The minimum absolute atomic E-state index is 0. The van der Waals surface area contributed by atoms with Gasteiger partial charge in [-0.25, -0.2) is 0 Å². The second-order valence-electron chi connectivity index (χ2n) is 7.22. The molecule has 1 fully saturated rings. The largest absolute Gasteiger partial charge is 0.368 e. The quantitative estimate of drug-likeness (QED) is 0.367. The highest BCUT2D eigenvalue weighted by atomic mass is 127. The van der Waals surface area contributed by atoms with Crippen molar-refractivity contribution in [1.29, 1.82) is 0 Å². The van der Waals surface area contributed by atoms with Gasteiger partial charge in [0.1, 0.15) is 12.2 Å².